The molecule has 0 aliphatic heterocycles. The molecule has 3 heteroatoms. The van der Waals surface area contributed by atoms with Crippen LogP contribution in [0.4, 0.5) is 0 Å². The van der Waals surface area contributed by atoms with Crippen LogP contribution in [0.3, 0.4) is 0 Å². The highest BCUT2D eigenvalue weighted by atomic mass is 127. The topological polar surface area (TPSA) is 20.2 Å². The second-order valence-corrected chi connectivity index (χ2v) is 3.31. The normalized spacial score (nSPS) is 17.3. The molecule has 0 aliphatic rings. The summed E-state index contributed by atoms with van der Waals surface area (Å²) in [6.45, 7) is 2.26. The largest absolute Gasteiger partial charge is 0.396 e. The number of halogens is 2. The summed E-state index contributed by atoms with van der Waals surface area (Å²) < 4.78 is 0.932. The van der Waals surface area contributed by atoms with Crippen molar-refractivity contribution in [2.45, 2.75) is 13.3 Å². The molecular formula is C6H12ClIO. The lowest BCUT2D eigenvalue weighted by Gasteiger charge is -2.24. The summed E-state index contributed by atoms with van der Waals surface area (Å²) in [4.78, 5) is 0. The molecule has 1 atom stereocenters. The van der Waals surface area contributed by atoms with Gasteiger partial charge in [0.2, 0.25) is 0 Å². The van der Waals surface area contributed by atoms with Crippen molar-refractivity contribution >= 4 is 34.2 Å². The maximum absolute atomic E-state index is 8.89. The van der Waals surface area contributed by atoms with Crippen LogP contribution in [-0.2, 0) is 0 Å². The molecule has 0 spiro atoms. The summed E-state index contributed by atoms with van der Waals surface area (Å²) in [6, 6.07) is 0. The van der Waals surface area contributed by atoms with E-state index in [4.69, 9.17) is 16.7 Å². The average molecular weight is 263 g/mol. The highest BCUT2D eigenvalue weighted by Gasteiger charge is 2.24. The minimum absolute atomic E-state index is 0.0257. The van der Waals surface area contributed by atoms with Gasteiger partial charge in [0.05, 0.1) is 6.61 Å². The van der Waals surface area contributed by atoms with Gasteiger partial charge >= 0.3 is 0 Å². The number of alkyl halides is 2. The fraction of sp³-hybridized carbons (Fsp3) is 1.00. The van der Waals surface area contributed by atoms with Gasteiger partial charge in [0.1, 0.15) is 0 Å². The van der Waals surface area contributed by atoms with Crippen LogP contribution < -0.4 is 0 Å². The Labute approximate surface area is 74.9 Å². The van der Waals surface area contributed by atoms with Crippen molar-refractivity contribution in [1.29, 1.82) is 0 Å². The molecule has 0 saturated carbocycles. The van der Waals surface area contributed by atoms with Crippen LogP contribution in [0.1, 0.15) is 13.3 Å². The molecule has 0 aliphatic carbocycles. The van der Waals surface area contributed by atoms with Crippen molar-refractivity contribution in [3.8, 4) is 0 Å². The third-order valence-electron chi connectivity index (χ3n) is 1.65. The molecule has 0 amide bonds. The fourth-order valence-corrected chi connectivity index (χ4v) is 2.16. The van der Waals surface area contributed by atoms with E-state index in [9.17, 15) is 0 Å². The second kappa shape index (κ2) is 4.74. The monoisotopic (exact) mass is 262 g/mol. The van der Waals surface area contributed by atoms with Gasteiger partial charge in [0.15, 0.2) is 0 Å². The molecule has 0 aromatic rings. The molecule has 1 N–H and O–H groups in total. The molecule has 0 aromatic carbocycles. The van der Waals surface area contributed by atoms with Crippen LogP contribution in [0.25, 0.3) is 0 Å². The first kappa shape index (κ1) is 9.98. The van der Waals surface area contributed by atoms with Crippen molar-refractivity contribution < 1.29 is 5.11 Å². The summed E-state index contributed by atoms with van der Waals surface area (Å²) in [5.41, 5.74) is -0.0257. The molecule has 0 rings (SSSR count). The molecule has 0 fully saturated rings. The molecule has 9 heavy (non-hydrogen) atoms. The van der Waals surface area contributed by atoms with Gasteiger partial charge in [-0.3, -0.25) is 0 Å². The van der Waals surface area contributed by atoms with E-state index in [0.717, 1.165) is 10.8 Å². The van der Waals surface area contributed by atoms with Gasteiger partial charge in [-0.25, -0.2) is 0 Å². The lowest BCUT2D eigenvalue weighted by Crippen LogP contribution is -2.28. The Morgan fingerprint density at radius 2 is 2.22 bits per heavy atom. The molecule has 1 nitrogen and oxygen atoms in total. The maximum Gasteiger partial charge on any atom is 0.0506 e. The first-order chi connectivity index (χ1) is 4.24. The average Bonchev–Trinajstić information content (AvgIpc) is 1.95. The number of aliphatic hydroxyl groups is 1. The van der Waals surface area contributed by atoms with Gasteiger partial charge in [0.25, 0.3) is 0 Å². The lowest BCUT2D eigenvalue weighted by molar-refractivity contribution is 0.165. The fourth-order valence-electron chi connectivity index (χ4n) is 0.421. The zero-order valence-corrected chi connectivity index (χ0v) is 8.44. The van der Waals surface area contributed by atoms with Crippen molar-refractivity contribution in [3.63, 3.8) is 0 Å². The standard InChI is InChI=1S/C6H12ClIO/c1-2-6(3-7,4-8)5-9/h9H,2-5H2,1H3. The van der Waals surface area contributed by atoms with Gasteiger partial charge in [-0.2, -0.15) is 0 Å². The van der Waals surface area contributed by atoms with Gasteiger partial charge < -0.3 is 5.11 Å². The van der Waals surface area contributed by atoms with E-state index in [1.165, 1.54) is 0 Å². The zero-order chi connectivity index (χ0) is 7.33. The van der Waals surface area contributed by atoms with Crippen molar-refractivity contribution in [3.05, 3.63) is 0 Å². The minimum atomic E-state index is -0.0257. The Hall–Kier alpha value is 0.980. The minimum Gasteiger partial charge on any atom is -0.396 e. The Morgan fingerprint density at radius 1 is 1.67 bits per heavy atom. The van der Waals surface area contributed by atoms with E-state index < -0.39 is 0 Å². The van der Waals surface area contributed by atoms with Crippen molar-refractivity contribution in [2.75, 3.05) is 16.9 Å². The third-order valence-corrected chi connectivity index (χ3v) is 3.84. The summed E-state index contributed by atoms with van der Waals surface area (Å²) in [5.74, 6) is 0.558. The lowest BCUT2D eigenvalue weighted by atomic mass is 9.91. The van der Waals surface area contributed by atoms with E-state index in [1.54, 1.807) is 0 Å². The van der Waals surface area contributed by atoms with Gasteiger partial charge in [-0.05, 0) is 6.42 Å². The van der Waals surface area contributed by atoms with E-state index in [2.05, 4.69) is 29.5 Å². The number of rotatable bonds is 4. The van der Waals surface area contributed by atoms with Crippen LogP contribution in [0.15, 0.2) is 0 Å². The Kier molecular flexibility index (Phi) is 5.26. The van der Waals surface area contributed by atoms with Crippen LogP contribution >= 0.6 is 34.2 Å². The van der Waals surface area contributed by atoms with Gasteiger partial charge in [-0.1, -0.05) is 29.5 Å². The molecule has 0 radical (unpaired) electrons. The summed E-state index contributed by atoms with van der Waals surface area (Å²) in [6.07, 6.45) is 0.954. The molecule has 0 aromatic heterocycles. The van der Waals surface area contributed by atoms with Crippen LogP contribution in [0.2, 0.25) is 0 Å². The first-order valence-corrected chi connectivity index (χ1v) is 5.03. The van der Waals surface area contributed by atoms with Gasteiger partial charge in [-0.15, -0.1) is 11.6 Å². The van der Waals surface area contributed by atoms with E-state index in [1.807, 2.05) is 0 Å². The number of hydrogen-bond donors (Lipinski definition) is 1. The Bertz CT molecular complexity index is 55.9. The molecular weight excluding hydrogens is 250 g/mol. The van der Waals surface area contributed by atoms with Crippen molar-refractivity contribution in [2.24, 2.45) is 5.41 Å². The maximum atomic E-state index is 8.89. The van der Waals surface area contributed by atoms with Gasteiger partial charge in [0, 0.05) is 15.7 Å². The Morgan fingerprint density at radius 3 is 2.22 bits per heavy atom. The molecule has 0 saturated heterocycles. The Balaban J connectivity index is 3.82. The molecule has 0 heterocycles. The molecule has 1 unspecified atom stereocenters. The third kappa shape index (κ3) is 2.60. The van der Waals surface area contributed by atoms with E-state index >= 15 is 0 Å². The van der Waals surface area contributed by atoms with Crippen LogP contribution in [0.5, 0.6) is 0 Å². The quantitative estimate of drug-likeness (QED) is 0.607. The smallest absolute Gasteiger partial charge is 0.0506 e. The van der Waals surface area contributed by atoms with E-state index in [0.29, 0.717) is 5.88 Å². The second-order valence-electron chi connectivity index (χ2n) is 2.28. The summed E-state index contributed by atoms with van der Waals surface area (Å²) in [5, 5.41) is 8.89. The molecule has 56 valence electrons. The first-order valence-electron chi connectivity index (χ1n) is 2.97. The summed E-state index contributed by atoms with van der Waals surface area (Å²) >= 11 is 7.92. The van der Waals surface area contributed by atoms with E-state index in [-0.39, 0.29) is 12.0 Å². The van der Waals surface area contributed by atoms with Crippen LogP contribution in [-0.4, -0.2) is 22.0 Å². The number of aliphatic hydroxyl groups excluding tert-OH is 1. The van der Waals surface area contributed by atoms with Crippen molar-refractivity contribution in [1.82, 2.24) is 0 Å². The highest BCUT2D eigenvalue weighted by molar-refractivity contribution is 14.1. The van der Waals surface area contributed by atoms with Crippen LogP contribution in [0, 0.1) is 5.41 Å². The predicted octanol–water partition coefficient (Wildman–Crippen LogP) is 2.05. The molecule has 0 bridgehead atoms. The predicted molar refractivity (Wildman–Crippen MR) is 49.4 cm³/mol. The summed E-state index contributed by atoms with van der Waals surface area (Å²) in [7, 11) is 0. The SMILES string of the molecule is CCC(CO)(CCl)CI. The highest BCUT2D eigenvalue weighted by Crippen LogP contribution is 2.25. The zero-order valence-electron chi connectivity index (χ0n) is 5.53. The number of hydrogen-bond acceptors (Lipinski definition) is 1.